The zero-order chi connectivity index (χ0) is 16.6. The number of hydrogen-bond donors (Lipinski definition) is 2. The van der Waals surface area contributed by atoms with Crippen LogP contribution in [0.2, 0.25) is 0 Å². The fourth-order valence-electron chi connectivity index (χ4n) is 3.29. The van der Waals surface area contributed by atoms with Crippen LogP contribution >= 0.6 is 0 Å². The molecule has 0 amide bonds. The summed E-state index contributed by atoms with van der Waals surface area (Å²) in [5.74, 6) is -0.568. The number of benzene rings is 1. The minimum atomic E-state index is -0.754. The molecule has 2 aliphatic rings. The Balaban J connectivity index is 2.12. The van der Waals surface area contributed by atoms with Crippen molar-refractivity contribution in [3.8, 4) is 0 Å². The van der Waals surface area contributed by atoms with E-state index in [0.717, 1.165) is 25.3 Å². The highest BCUT2D eigenvalue weighted by Crippen LogP contribution is 2.40. The highest BCUT2D eigenvalue weighted by molar-refractivity contribution is 6.05. The van der Waals surface area contributed by atoms with Crippen molar-refractivity contribution >= 4 is 23.3 Å². The van der Waals surface area contributed by atoms with E-state index >= 15 is 0 Å². The summed E-state index contributed by atoms with van der Waals surface area (Å²) in [5, 5.41) is 11.0. The van der Waals surface area contributed by atoms with Gasteiger partial charge in [-0.15, -0.1) is 0 Å². The maximum atomic E-state index is 13.8. The first-order chi connectivity index (χ1) is 10.9. The Morgan fingerprint density at radius 2 is 1.91 bits per heavy atom. The number of non-ortho nitro benzene ring substituents is 1. The molecule has 1 aromatic rings. The van der Waals surface area contributed by atoms with Gasteiger partial charge in [-0.25, -0.2) is 9.38 Å². The van der Waals surface area contributed by atoms with Gasteiger partial charge in [-0.2, -0.15) is 4.99 Å². The summed E-state index contributed by atoms with van der Waals surface area (Å²) in [6.07, 6.45) is 4.24. The highest BCUT2D eigenvalue weighted by atomic mass is 19.1. The fraction of sp³-hybridized carbons (Fsp3) is 0.429. The number of guanidine groups is 2. The second-order valence-electron chi connectivity index (χ2n) is 5.74. The average Bonchev–Trinajstić information content (AvgIpc) is 2.46. The van der Waals surface area contributed by atoms with E-state index in [0.29, 0.717) is 12.8 Å². The number of nitro groups is 1. The monoisotopic (exact) mass is 320 g/mol. The molecule has 1 aliphatic carbocycles. The quantitative estimate of drug-likeness (QED) is 0.635. The molecule has 0 bridgehead atoms. The van der Waals surface area contributed by atoms with Crippen LogP contribution in [0.4, 0.5) is 15.8 Å². The van der Waals surface area contributed by atoms with Gasteiger partial charge in [0.15, 0.2) is 0 Å². The van der Waals surface area contributed by atoms with Crippen molar-refractivity contribution < 1.29 is 9.31 Å². The summed E-state index contributed by atoms with van der Waals surface area (Å²) >= 11 is 0. The van der Waals surface area contributed by atoms with Gasteiger partial charge in [-0.1, -0.05) is 6.42 Å². The number of nitro benzene ring substituents is 1. The van der Waals surface area contributed by atoms with Crippen molar-refractivity contribution in [3.05, 3.63) is 34.1 Å². The van der Waals surface area contributed by atoms with Gasteiger partial charge in [0.25, 0.3) is 5.69 Å². The van der Waals surface area contributed by atoms with E-state index in [2.05, 4.69) is 9.98 Å². The number of nitrogens with two attached hydrogens (primary N) is 2. The smallest absolute Gasteiger partial charge is 0.274 e. The number of nitrogens with zero attached hydrogens (tertiary/aromatic N) is 4. The van der Waals surface area contributed by atoms with Gasteiger partial charge < -0.3 is 11.5 Å². The summed E-state index contributed by atoms with van der Waals surface area (Å²) in [6, 6.07) is 3.34. The molecular formula is C14H17FN6O2. The molecule has 9 heteroatoms. The van der Waals surface area contributed by atoms with E-state index in [4.69, 9.17) is 11.5 Å². The van der Waals surface area contributed by atoms with E-state index in [-0.39, 0.29) is 23.3 Å². The summed E-state index contributed by atoms with van der Waals surface area (Å²) in [4.78, 5) is 20.3. The zero-order valence-corrected chi connectivity index (χ0v) is 12.4. The molecule has 3 rings (SSSR count). The molecule has 4 N–H and O–H groups in total. The SMILES string of the molecule is NC1=NC2(CCCCC2)N(c2cc(F)cc([N+](=O)[O-])c2)C(N)=N1. The van der Waals surface area contributed by atoms with Crippen molar-refractivity contribution in [2.75, 3.05) is 4.90 Å². The Kier molecular flexibility index (Phi) is 3.63. The lowest BCUT2D eigenvalue weighted by atomic mass is 9.87. The third kappa shape index (κ3) is 2.69. The van der Waals surface area contributed by atoms with Crippen LogP contribution in [0, 0.1) is 15.9 Å². The average molecular weight is 320 g/mol. The van der Waals surface area contributed by atoms with Gasteiger partial charge in [0, 0.05) is 6.07 Å². The van der Waals surface area contributed by atoms with Gasteiger partial charge in [0.2, 0.25) is 11.9 Å². The third-order valence-corrected chi connectivity index (χ3v) is 4.19. The molecule has 1 heterocycles. The predicted molar refractivity (Wildman–Crippen MR) is 84.6 cm³/mol. The second kappa shape index (κ2) is 5.49. The Labute approximate surface area is 131 Å². The van der Waals surface area contributed by atoms with Crippen LogP contribution in [-0.4, -0.2) is 22.5 Å². The lowest BCUT2D eigenvalue weighted by molar-refractivity contribution is -0.385. The van der Waals surface area contributed by atoms with Crippen molar-refractivity contribution in [1.29, 1.82) is 0 Å². The molecule has 0 aromatic heterocycles. The molecule has 23 heavy (non-hydrogen) atoms. The van der Waals surface area contributed by atoms with Crippen molar-refractivity contribution in [2.45, 2.75) is 37.8 Å². The van der Waals surface area contributed by atoms with Gasteiger partial charge in [-0.05, 0) is 31.7 Å². The summed E-state index contributed by atoms with van der Waals surface area (Å²) in [6.45, 7) is 0. The van der Waals surface area contributed by atoms with Crippen molar-refractivity contribution in [3.63, 3.8) is 0 Å². The molecule has 1 saturated carbocycles. The van der Waals surface area contributed by atoms with Crippen LogP contribution < -0.4 is 16.4 Å². The number of anilines is 1. The molecular weight excluding hydrogens is 303 g/mol. The molecule has 0 radical (unpaired) electrons. The van der Waals surface area contributed by atoms with E-state index in [9.17, 15) is 14.5 Å². The van der Waals surface area contributed by atoms with Gasteiger partial charge in [0.1, 0.15) is 11.5 Å². The maximum Gasteiger partial charge on any atom is 0.274 e. The van der Waals surface area contributed by atoms with E-state index in [1.807, 2.05) is 0 Å². The number of rotatable bonds is 2. The van der Waals surface area contributed by atoms with Crippen molar-refractivity contribution in [2.24, 2.45) is 21.5 Å². The summed E-state index contributed by atoms with van der Waals surface area (Å²) in [5.41, 5.74) is 10.9. The van der Waals surface area contributed by atoms with Crippen LogP contribution in [-0.2, 0) is 0 Å². The summed E-state index contributed by atoms with van der Waals surface area (Å²) < 4.78 is 13.8. The van der Waals surface area contributed by atoms with Gasteiger partial charge in [-0.3, -0.25) is 15.0 Å². The Hall–Kier alpha value is -2.71. The number of aliphatic imine (C=N–C) groups is 2. The molecule has 0 atom stereocenters. The molecule has 122 valence electrons. The lowest BCUT2D eigenvalue weighted by Crippen LogP contribution is -2.58. The second-order valence-corrected chi connectivity index (χ2v) is 5.74. The maximum absolute atomic E-state index is 13.8. The minimum Gasteiger partial charge on any atom is -0.369 e. The van der Waals surface area contributed by atoms with Crippen LogP contribution in [0.5, 0.6) is 0 Å². The minimum absolute atomic E-state index is 0.0688. The first-order valence-corrected chi connectivity index (χ1v) is 7.36. The first-order valence-electron chi connectivity index (χ1n) is 7.36. The molecule has 8 nitrogen and oxygen atoms in total. The third-order valence-electron chi connectivity index (χ3n) is 4.19. The molecule has 0 unspecified atom stereocenters. The zero-order valence-electron chi connectivity index (χ0n) is 12.4. The standard InChI is InChI=1S/C14H17FN6O2/c15-9-6-10(8-11(7-9)21(22)23)20-13(17)18-12(16)19-14(20)4-2-1-3-5-14/h6-8H,1-5H2,(H4,16,17,18,19). The number of halogens is 1. The molecule has 0 saturated heterocycles. The van der Waals surface area contributed by atoms with Gasteiger partial charge in [0.05, 0.1) is 16.7 Å². The van der Waals surface area contributed by atoms with Crippen LogP contribution in [0.3, 0.4) is 0 Å². The largest absolute Gasteiger partial charge is 0.369 e. The fourth-order valence-corrected chi connectivity index (χ4v) is 3.29. The van der Waals surface area contributed by atoms with E-state index in [1.54, 1.807) is 4.90 Å². The molecule has 1 aliphatic heterocycles. The Morgan fingerprint density at radius 3 is 2.57 bits per heavy atom. The normalized spacial score (nSPS) is 20.1. The predicted octanol–water partition coefficient (Wildman–Crippen LogP) is 1.84. The Morgan fingerprint density at radius 1 is 1.22 bits per heavy atom. The number of hydrogen-bond acceptors (Lipinski definition) is 7. The first kappa shape index (κ1) is 15.2. The van der Waals surface area contributed by atoms with Crippen molar-refractivity contribution in [1.82, 2.24) is 0 Å². The van der Waals surface area contributed by atoms with Crippen LogP contribution in [0.15, 0.2) is 28.2 Å². The van der Waals surface area contributed by atoms with Crippen LogP contribution in [0.1, 0.15) is 32.1 Å². The highest BCUT2D eigenvalue weighted by Gasteiger charge is 2.43. The lowest BCUT2D eigenvalue weighted by Gasteiger charge is -2.45. The Bertz CT molecular complexity index is 711. The summed E-state index contributed by atoms with van der Waals surface area (Å²) in [7, 11) is 0. The van der Waals surface area contributed by atoms with E-state index in [1.165, 1.54) is 12.1 Å². The molecule has 1 fully saturated rings. The van der Waals surface area contributed by atoms with Crippen LogP contribution in [0.25, 0.3) is 0 Å². The molecule has 1 spiro atoms. The molecule has 1 aromatic carbocycles. The van der Waals surface area contributed by atoms with E-state index < -0.39 is 16.4 Å². The topological polar surface area (TPSA) is 123 Å². The van der Waals surface area contributed by atoms with Gasteiger partial charge >= 0.3 is 0 Å².